The second-order valence-electron chi connectivity index (χ2n) is 14.5. The van der Waals surface area contributed by atoms with Crippen LogP contribution in [-0.2, 0) is 0 Å². The fourth-order valence-electron chi connectivity index (χ4n) is 9.67. The van der Waals surface area contributed by atoms with Crippen molar-refractivity contribution in [2.24, 2.45) is 63.6 Å². The van der Waals surface area contributed by atoms with E-state index in [9.17, 15) is 0 Å². The van der Waals surface area contributed by atoms with Gasteiger partial charge in [0.1, 0.15) is 0 Å². The van der Waals surface area contributed by atoms with E-state index in [1.807, 2.05) is 0 Å². The van der Waals surface area contributed by atoms with Gasteiger partial charge in [-0.15, -0.1) is 0 Å². The van der Waals surface area contributed by atoms with Gasteiger partial charge in [0.15, 0.2) is 0 Å². The Bertz CT molecular complexity index is 601. The van der Waals surface area contributed by atoms with Gasteiger partial charge in [0, 0.05) is 0 Å². The predicted molar refractivity (Wildman–Crippen MR) is 131 cm³/mol. The minimum atomic E-state index is 0.598. The van der Waals surface area contributed by atoms with Gasteiger partial charge in [-0.2, -0.15) is 0 Å². The minimum Gasteiger partial charge on any atom is -0.0625 e. The molecule has 4 rings (SSSR count). The Kier molecular flexibility index (Phi) is 6.25. The largest absolute Gasteiger partial charge is 0.0625 e. The molecule has 0 bridgehead atoms. The van der Waals surface area contributed by atoms with Gasteiger partial charge in [-0.25, -0.2) is 0 Å². The van der Waals surface area contributed by atoms with Gasteiger partial charge in [-0.3, -0.25) is 0 Å². The van der Waals surface area contributed by atoms with Gasteiger partial charge < -0.3 is 0 Å². The van der Waals surface area contributed by atoms with Crippen LogP contribution in [0, 0.1) is 63.6 Å². The van der Waals surface area contributed by atoms with Crippen molar-refractivity contribution in [1.29, 1.82) is 0 Å². The molecule has 4 aliphatic carbocycles. The molecular weight excluding hydrogens is 360 g/mol. The zero-order valence-electron chi connectivity index (χ0n) is 21.9. The highest BCUT2D eigenvalue weighted by Gasteiger charge is 2.60. The van der Waals surface area contributed by atoms with Crippen molar-refractivity contribution in [2.75, 3.05) is 0 Å². The SMILES string of the molecule is CC(C)[C@H](C)CC[C@@H](C)[C@H]1CC[C@H]2[C@@H]3CC[C@H]4CC(C)(C)CC[C@]4(C)[C@H]3CC[C@]12C. The molecule has 9 atom stereocenters. The van der Waals surface area contributed by atoms with E-state index < -0.39 is 0 Å². The van der Waals surface area contributed by atoms with Gasteiger partial charge in [-0.1, -0.05) is 68.2 Å². The molecule has 174 valence electrons. The lowest BCUT2D eigenvalue weighted by atomic mass is 9.43. The maximum atomic E-state index is 2.76. The Morgan fingerprint density at radius 2 is 1.40 bits per heavy atom. The van der Waals surface area contributed by atoms with Crippen LogP contribution >= 0.6 is 0 Å². The summed E-state index contributed by atoms with van der Waals surface area (Å²) in [6.45, 7) is 20.5. The van der Waals surface area contributed by atoms with Crippen molar-refractivity contribution in [3.8, 4) is 0 Å². The van der Waals surface area contributed by atoms with E-state index in [1.54, 1.807) is 32.1 Å². The van der Waals surface area contributed by atoms with Crippen molar-refractivity contribution in [3.05, 3.63) is 0 Å². The van der Waals surface area contributed by atoms with E-state index >= 15 is 0 Å². The third-order valence-corrected chi connectivity index (χ3v) is 12.2. The Labute approximate surface area is 189 Å². The zero-order chi connectivity index (χ0) is 21.9. The quantitative estimate of drug-likeness (QED) is 0.420. The fourth-order valence-corrected chi connectivity index (χ4v) is 9.67. The lowest BCUT2D eigenvalue weighted by Crippen LogP contribution is -2.54. The Hall–Kier alpha value is 0. The molecule has 30 heavy (non-hydrogen) atoms. The molecule has 0 heteroatoms. The van der Waals surface area contributed by atoms with Crippen LogP contribution in [0.25, 0.3) is 0 Å². The molecule has 0 heterocycles. The average Bonchev–Trinajstić information content (AvgIpc) is 3.03. The normalized spacial score (nSPS) is 47.3. The maximum absolute atomic E-state index is 2.76. The van der Waals surface area contributed by atoms with Crippen LogP contribution in [0.3, 0.4) is 0 Å². The van der Waals surface area contributed by atoms with E-state index in [1.165, 1.54) is 38.5 Å². The molecule has 0 nitrogen and oxygen atoms in total. The van der Waals surface area contributed by atoms with Gasteiger partial charge in [0.2, 0.25) is 0 Å². The van der Waals surface area contributed by atoms with Gasteiger partial charge in [0.25, 0.3) is 0 Å². The van der Waals surface area contributed by atoms with Crippen LogP contribution in [0.4, 0.5) is 0 Å². The first-order chi connectivity index (χ1) is 14.0. The van der Waals surface area contributed by atoms with E-state index in [4.69, 9.17) is 0 Å². The second-order valence-corrected chi connectivity index (χ2v) is 14.5. The summed E-state index contributed by atoms with van der Waals surface area (Å²) in [5.74, 6) is 7.81. The Morgan fingerprint density at radius 1 is 0.700 bits per heavy atom. The Balaban J connectivity index is 1.46. The van der Waals surface area contributed by atoms with Crippen LogP contribution < -0.4 is 0 Å². The van der Waals surface area contributed by atoms with Crippen molar-refractivity contribution < 1.29 is 0 Å². The van der Waals surface area contributed by atoms with Crippen molar-refractivity contribution in [3.63, 3.8) is 0 Å². The van der Waals surface area contributed by atoms with Crippen LogP contribution in [0.5, 0.6) is 0 Å². The predicted octanol–water partition coefficient (Wildman–Crippen LogP) is 9.38. The first kappa shape index (κ1) is 23.2. The van der Waals surface area contributed by atoms with Crippen LogP contribution in [-0.4, -0.2) is 0 Å². The molecule has 0 saturated heterocycles. The van der Waals surface area contributed by atoms with E-state index in [2.05, 4.69) is 55.4 Å². The smallest absolute Gasteiger partial charge is 0.0264 e. The topological polar surface area (TPSA) is 0 Å². The molecule has 4 aliphatic rings. The summed E-state index contributed by atoms with van der Waals surface area (Å²) in [7, 11) is 0. The second kappa shape index (κ2) is 8.09. The average molecular weight is 415 g/mol. The lowest BCUT2D eigenvalue weighted by molar-refractivity contribution is -0.129. The zero-order valence-corrected chi connectivity index (χ0v) is 21.9. The van der Waals surface area contributed by atoms with Crippen molar-refractivity contribution >= 4 is 0 Å². The molecule has 0 aromatic carbocycles. The molecule has 0 radical (unpaired) electrons. The summed E-state index contributed by atoms with van der Waals surface area (Å²) in [6.07, 6.45) is 16.7. The maximum Gasteiger partial charge on any atom is -0.0264 e. The summed E-state index contributed by atoms with van der Waals surface area (Å²) in [6, 6.07) is 0. The van der Waals surface area contributed by atoms with Crippen molar-refractivity contribution in [2.45, 2.75) is 126 Å². The highest BCUT2D eigenvalue weighted by atomic mass is 14.7. The first-order valence-electron chi connectivity index (χ1n) is 14.0. The summed E-state index contributed by atoms with van der Waals surface area (Å²) in [5, 5.41) is 0. The molecule has 4 saturated carbocycles. The van der Waals surface area contributed by atoms with E-state index in [-0.39, 0.29) is 0 Å². The molecule has 0 N–H and O–H groups in total. The molecular formula is C30H54. The summed E-state index contributed by atoms with van der Waals surface area (Å²) >= 11 is 0. The van der Waals surface area contributed by atoms with E-state index in [0.717, 1.165) is 47.3 Å². The molecule has 0 aromatic rings. The highest BCUT2D eigenvalue weighted by molar-refractivity contribution is 5.10. The molecule has 0 unspecified atom stereocenters. The number of rotatable bonds is 5. The molecule has 0 amide bonds. The third-order valence-electron chi connectivity index (χ3n) is 12.2. The fraction of sp³-hybridized carbons (Fsp3) is 1.00. The summed E-state index contributed by atoms with van der Waals surface area (Å²) in [4.78, 5) is 0. The molecule has 0 aromatic heterocycles. The van der Waals surface area contributed by atoms with Gasteiger partial charge >= 0.3 is 0 Å². The highest BCUT2D eigenvalue weighted by Crippen LogP contribution is 2.69. The number of hydrogen-bond acceptors (Lipinski definition) is 0. The van der Waals surface area contributed by atoms with Gasteiger partial charge in [0.05, 0.1) is 0 Å². The van der Waals surface area contributed by atoms with E-state index in [0.29, 0.717) is 16.2 Å². The first-order valence-corrected chi connectivity index (χ1v) is 14.0. The molecule has 0 aliphatic heterocycles. The van der Waals surface area contributed by atoms with Crippen LogP contribution in [0.2, 0.25) is 0 Å². The number of fused-ring (bicyclic) bond motifs is 5. The standard InChI is InChI=1S/C30H54/c1-20(2)21(3)9-10-22(4)25-13-14-26-24-12-11-23-19-28(5,6)17-18-29(23,7)27(24)15-16-30(25,26)8/h20-27H,9-19H2,1-8H3/t21-,22-,23+,24+,25-,26+,27+,29+,30-/m1/s1. The third kappa shape index (κ3) is 3.83. The minimum absolute atomic E-state index is 0.598. The van der Waals surface area contributed by atoms with Gasteiger partial charge in [-0.05, 0) is 121 Å². The van der Waals surface area contributed by atoms with Crippen LogP contribution in [0.1, 0.15) is 126 Å². The van der Waals surface area contributed by atoms with Crippen molar-refractivity contribution in [1.82, 2.24) is 0 Å². The monoisotopic (exact) mass is 414 g/mol. The summed E-state index contributed by atoms with van der Waals surface area (Å²) < 4.78 is 0. The number of hydrogen-bond donors (Lipinski definition) is 0. The van der Waals surface area contributed by atoms with Crippen LogP contribution in [0.15, 0.2) is 0 Å². The summed E-state index contributed by atoms with van der Waals surface area (Å²) in [5.41, 5.74) is 1.91. The molecule has 4 fully saturated rings. The Morgan fingerprint density at radius 3 is 2.10 bits per heavy atom. The molecule has 0 spiro atoms. The lowest BCUT2D eigenvalue weighted by Gasteiger charge is -2.62.